The Hall–Kier alpha value is -2.05. The smallest absolute Gasteiger partial charge is 0.251 e. The number of hydrogen-bond acceptors (Lipinski definition) is 4. The van der Waals surface area contributed by atoms with Crippen molar-refractivity contribution in [1.29, 1.82) is 0 Å². The first-order chi connectivity index (χ1) is 11.5. The van der Waals surface area contributed by atoms with E-state index in [0.29, 0.717) is 18.0 Å². The topological polar surface area (TPSA) is 70.4 Å². The van der Waals surface area contributed by atoms with Crippen LogP contribution in [0.25, 0.3) is 0 Å². The number of aromatic nitrogens is 2. The van der Waals surface area contributed by atoms with Crippen LogP contribution in [0.4, 0.5) is 0 Å². The predicted octanol–water partition coefficient (Wildman–Crippen LogP) is 2.03. The van der Waals surface area contributed by atoms with Gasteiger partial charge in [-0.1, -0.05) is 11.6 Å². The lowest BCUT2D eigenvalue weighted by Gasteiger charge is -2.15. The number of phenolic OH excluding ortho intramolecular Hbond substituents is 1. The summed E-state index contributed by atoms with van der Waals surface area (Å²) in [6.07, 6.45) is 4.99. The monoisotopic (exact) mass is 348 g/mol. The average molecular weight is 349 g/mol. The zero-order valence-electron chi connectivity index (χ0n) is 13.6. The molecule has 0 spiro atoms. The van der Waals surface area contributed by atoms with Gasteiger partial charge in [0.05, 0.1) is 11.2 Å². The highest BCUT2D eigenvalue weighted by Gasteiger charge is 2.23. The van der Waals surface area contributed by atoms with E-state index in [2.05, 4.69) is 15.3 Å². The number of halogens is 1. The number of benzene rings is 1. The second kappa shape index (κ2) is 7.23. The highest BCUT2D eigenvalue weighted by molar-refractivity contribution is 6.32. The first kappa shape index (κ1) is 16.8. The molecule has 7 heteroatoms. The Morgan fingerprint density at radius 3 is 3.04 bits per heavy atom. The van der Waals surface area contributed by atoms with Crippen LogP contribution in [0.5, 0.6) is 5.75 Å². The van der Waals surface area contributed by atoms with Crippen LogP contribution < -0.4 is 5.32 Å². The molecule has 6 nitrogen and oxygen atoms in total. The van der Waals surface area contributed by atoms with E-state index < -0.39 is 0 Å². The molecule has 1 amide bonds. The van der Waals surface area contributed by atoms with E-state index in [1.807, 2.05) is 24.1 Å². The van der Waals surface area contributed by atoms with Crippen LogP contribution in [-0.4, -0.2) is 45.3 Å². The molecular weight excluding hydrogens is 328 g/mol. The molecule has 1 saturated heterocycles. The van der Waals surface area contributed by atoms with Crippen molar-refractivity contribution in [3.63, 3.8) is 0 Å². The molecule has 0 saturated carbocycles. The molecule has 1 aromatic heterocycles. The number of rotatable bonds is 5. The van der Waals surface area contributed by atoms with Gasteiger partial charge in [-0.05, 0) is 37.1 Å². The summed E-state index contributed by atoms with van der Waals surface area (Å²) < 4.78 is 1.81. The molecule has 3 rings (SSSR count). The predicted molar refractivity (Wildman–Crippen MR) is 92.0 cm³/mol. The van der Waals surface area contributed by atoms with Gasteiger partial charge in [-0.2, -0.15) is 5.10 Å². The molecule has 1 fully saturated rings. The van der Waals surface area contributed by atoms with Crippen molar-refractivity contribution in [3.8, 4) is 5.75 Å². The molecule has 1 aliphatic heterocycles. The van der Waals surface area contributed by atoms with E-state index in [-0.39, 0.29) is 16.7 Å². The second-order valence-electron chi connectivity index (χ2n) is 6.29. The molecule has 1 unspecified atom stereocenters. The van der Waals surface area contributed by atoms with Gasteiger partial charge in [0.15, 0.2) is 0 Å². The number of carbonyl (C=O) groups excluding carboxylic acids is 1. The standard InChI is InChI=1S/C17H21ClN4O2/c1-21-9-13(8-20-21)11-22-5-4-12(10-22)7-19-17(24)14-2-3-16(23)15(18)6-14/h2-3,6,8-9,12,23H,4-5,7,10-11H2,1H3,(H,19,24). The van der Waals surface area contributed by atoms with Gasteiger partial charge in [0.25, 0.3) is 5.91 Å². The Bertz CT molecular complexity index is 731. The van der Waals surface area contributed by atoms with Gasteiger partial charge in [0.1, 0.15) is 5.75 Å². The first-order valence-electron chi connectivity index (χ1n) is 7.98. The minimum Gasteiger partial charge on any atom is -0.506 e. The number of nitrogens with zero attached hydrogens (tertiary/aromatic N) is 3. The molecule has 128 valence electrons. The van der Waals surface area contributed by atoms with Gasteiger partial charge in [-0.25, -0.2) is 0 Å². The first-order valence-corrected chi connectivity index (χ1v) is 8.35. The fourth-order valence-electron chi connectivity index (χ4n) is 3.02. The average Bonchev–Trinajstić information content (AvgIpc) is 3.17. The molecule has 2 aromatic rings. The van der Waals surface area contributed by atoms with E-state index in [9.17, 15) is 9.90 Å². The number of hydrogen-bond donors (Lipinski definition) is 2. The molecule has 24 heavy (non-hydrogen) atoms. The minimum atomic E-state index is -0.164. The Labute approximate surface area is 146 Å². The number of aryl methyl sites for hydroxylation is 1. The van der Waals surface area contributed by atoms with Crippen molar-refractivity contribution in [3.05, 3.63) is 46.7 Å². The maximum Gasteiger partial charge on any atom is 0.251 e. The van der Waals surface area contributed by atoms with Crippen LogP contribution in [-0.2, 0) is 13.6 Å². The van der Waals surface area contributed by atoms with Gasteiger partial charge >= 0.3 is 0 Å². The van der Waals surface area contributed by atoms with Crippen LogP contribution in [0.15, 0.2) is 30.6 Å². The molecule has 0 aliphatic carbocycles. The van der Waals surface area contributed by atoms with Crippen molar-refractivity contribution >= 4 is 17.5 Å². The van der Waals surface area contributed by atoms with Gasteiger partial charge in [0.2, 0.25) is 0 Å². The molecule has 1 atom stereocenters. The molecule has 1 aromatic carbocycles. The van der Waals surface area contributed by atoms with Crippen LogP contribution in [0.3, 0.4) is 0 Å². The number of amides is 1. The summed E-state index contributed by atoms with van der Waals surface area (Å²) in [6, 6.07) is 4.48. The number of carbonyl (C=O) groups is 1. The molecule has 0 bridgehead atoms. The number of phenols is 1. The molecule has 2 heterocycles. The zero-order valence-corrected chi connectivity index (χ0v) is 14.3. The van der Waals surface area contributed by atoms with E-state index in [0.717, 1.165) is 26.1 Å². The minimum absolute atomic E-state index is 0.0185. The van der Waals surface area contributed by atoms with Crippen molar-refractivity contribution in [2.24, 2.45) is 13.0 Å². The largest absolute Gasteiger partial charge is 0.506 e. The lowest BCUT2D eigenvalue weighted by Crippen LogP contribution is -2.30. The van der Waals surface area contributed by atoms with Crippen LogP contribution in [0, 0.1) is 5.92 Å². The lowest BCUT2D eigenvalue weighted by molar-refractivity contribution is 0.0947. The van der Waals surface area contributed by atoms with Crippen molar-refractivity contribution < 1.29 is 9.90 Å². The van der Waals surface area contributed by atoms with Crippen molar-refractivity contribution in [2.45, 2.75) is 13.0 Å². The maximum absolute atomic E-state index is 12.2. The van der Waals surface area contributed by atoms with Crippen molar-refractivity contribution in [2.75, 3.05) is 19.6 Å². The van der Waals surface area contributed by atoms with Crippen LogP contribution in [0.2, 0.25) is 5.02 Å². The number of nitrogens with one attached hydrogen (secondary N) is 1. The van der Waals surface area contributed by atoms with E-state index >= 15 is 0 Å². The van der Waals surface area contributed by atoms with Crippen LogP contribution >= 0.6 is 11.6 Å². The highest BCUT2D eigenvalue weighted by atomic mass is 35.5. The van der Waals surface area contributed by atoms with E-state index in [1.54, 1.807) is 6.07 Å². The Kier molecular flexibility index (Phi) is 5.06. The van der Waals surface area contributed by atoms with Gasteiger partial charge in [-0.15, -0.1) is 0 Å². The van der Waals surface area contributed by atoms with E-state index in [4.69, 9.17) is 11.6 Å². The third kappa shape index (κ3) is 4.07. The summed E-state index contributed by atoms with van der Waals surface area (Å²) in [5.41, 5.74) is 1.67. The summed E-state index contributed by atoms with van der Waals surface area (Å²) in [5.74, 6) is 0.260. The summed E-state index contributed by atoms with van der Waals surface area (Å²) in [5, 5.41) is 16.7. The fraction of sp³-hybridized carbons (Fsp3) is 0.412. The summed E-state index contributed by atoms with van der Waals surface area (Å²) >= 11 is 5.84. The van der Waals surface area contributed by atoms with Crippen LogP contribution in [0.1, 0.15) is 22.3 Å². The Morgan fingerprint density at radius 1 is 1.50 bits per heavy atom. The molecular formula is C17H21ClN4O2. The molecule has 0 radical (unpaired) electrons. The van der Waals surface area contributed by atoms with E-state index in [1.165, 1.54) is 17.7 Å². The second-order valence-corrected chi connectivity index (χ2v) is 6.70. The number of likely N-dealkylation sites (tertiary alicyclic amines) is 1. The third-order valence-electron chi connectivity index (χ3n) is 4.30. The Balaban J connectivity index is 1.47. The lowest BCUT2D eigenvalue weighted by atomic mass is 10.1. The molecule has 2 N–H and O–H groups in total. The van der Waals surface area contributed by atoms with Gasteiger partial charge in [-0.3, -0.25) is 14.4 Å². The SMILES string of the molecule is Cn1cc(CN2CCC(CNC(=O)c3ccc(O)c(Cl)c3)C2)cn1. The van der Waals surface area contributed by atoms with Gasteiger partial charge in [0, 0.05) is 44.0 Å². The summed E-state index contributed by atoms with van der Waals surface area (Å²) in [6.45, 7) is 3.53. The summed E-state index contributed by atoms with van der Waals surface area (Å²) in [4.78, 5) is 14.5. The normalized spacial score (nSPS) is 18.0. The quantitative estimate of drug-likeness (QED) is 0.867. The number of aromatic hydroxyl groups is 1. The zero-order chi connectivity index (χ0) is 17.1. The highest BCUT2D eigenvalue weighted by Crippen LogP contribution is 2.23. The molecule has 1 aliphatic rings. The fourth-order valence-corrected chi connectivity index (χ4v) is 3.20. The van der Waals surface area contributed by atoms with Gasteiger partial charge < -0.3 is 10.4 Å². The maximum atomic E-state index is 12.2. The summed E-state index contributed by atoms with van der Waals surface area (Å²) in [7, 11) is 1.92. The van der Waals surface area contributed by atoms with Crippen molar-refractivity contribution in [1.82, 2.24) is 20.0 Å². The Morgan fingerprint density at radius 2 is 2.33 bits per heavy atom. The third-order valence-corrected chi connectivity index (χ3v) is 4.60.